The number of nitrogens with two attached hydrogens (primary N) is 1. The normalized spacial score (nSPS) is 18.2. The maximum absolute atomic E-state index is 10.7. The van der Waals surface area contributed by atoms with Crippen LogP contribution >= 0.6 is 0 Å². The highest BCUT2D eigenvalue weighted by Gasteiger charge is 2.27. The van der Waals surface area contributed by atoms with E-state index in [0.717, 1.165) is 18.4 Å². The van der Waals surface area contributed by atoms with Gasteiger partial charge >= 0.3 is 5.97 Å². The van der Waals surface area contributed by atoms with Gasteiger partial charge in [0.2, 0.25) is 0 Å². The molecule has 104 valence electrons. The van der Waals surface area contributed by atoms with Crippen molar-refractivity contribution in [1.82, 2.24) is 0 Å². The minimum absolute atomic E-state index is 0.167. The van der Waals surface area contributed by atoms with Crippen molar-refractivity contribution in [2.45, 2.75) is 44.2 Å². The van der Waals surface area contributed by atoms with Gasteiger partial charge in [0.25, 0.3) is 0 Å². The van der Waals surface area contributed by atoms with Crippen molar-refractivity contribution >= 4 is 5.97 Å². The van der Waals surface area contributed by atoms with Gasteiger partial charge < -0.3 is 15.6 Å². The van der Waals surface area contributed by atoms with Crippen molar-refractivity contribution in [1.29, 1.82) is 0 Å². The lowest BCUT2D eigenvalue weighted by atomic mass is 9.83. The molecular weight excluding hydrogens is 242 g/mol. The van der Waals surface area contributed by atoms with E-state index >= 15 is 0 Å². The summed E-state index contributed by atoms with van der Waals surface area (Å²) in [4.78, 5) is 10.7. The molecular formula is C15H21NO3. The monoisotopic (exact) mass is 263 g/mol. The Morgan fingerprint density at radius 1 is 1.21 bits per heavy atom. The number of carboxylic acid groups (broad SMARTS) is 1. The van der Waals surface area contributed by atoms with Crippen LogP contribution in [0, 0.1) is 0 Å². The molecule has 1 aliphatic carbocycles. The summed E-state index contributed by atoms with van der Waals surface area (Å²) in [5, 5.41) is 8.81. The summed E-state index contributed by atoms with van der Waals surface area (Å²) >= 11 is 0. The largest absolute Gasteiger partial charge is 0.478 e. The zero-order chi connectivity index (χ0) is 13.7. The zero-order valence-corrected chi connectivity index (χ0v) is 11.1. The lowest BCUT2D eigenvalue weighted by Crippen LogP contribution is -2.46. The molecule has 0 radical (unpaired) electrons. The molecule has 0 bridgehead atoms. The first-order chi connectivity index (χ1) is 9.09. The fourth-order valence-corrected chi connectivity index (χ4v) is 2.52. The van der Waals surface area contributed by atoms with E-state index in [9.17, 15) is 4.79 Å². The highest BCUT2D eigenvalue weighted by molar-refractivity contribution is 5.87. The van der Waals surface area contributed by atoms with Crippen LogP contribution in [-0.4, -0.2) is 23.2 Å². The number of aromatic carboxylic acids is 1. The lowest BCUT2D eigenvalue weighted by Gasteiger charge is -2.33. The van der Waals surface area contributed by atoms with Gasteiger partial charge in [-0.15, -0.1) is 0 Å². The van der Waals surface area contributed by atoms with Crippen LogP contribution in [0.3, 0.4) is 0 Å². The van der Waals surface area contributed by atoms with Crippen LogP contribution in [0.15, 0.2) is 24.3 Å². The SMILES string of the molecule is NC1(COCc2ccc(C(=O)O)cc2)CCCCC1. The van der Waals surface area contributed by atoms with E-state index in [1.54, 1.807) is 24.3 Å². The molecule has 3 N–H and O–H groups in total. The fourth-order valence-electron chi connectivity index (χ4n) is 2.52. The summed E-state index contributed by atoms with van der Waals surface area (Å²) in [5.41, 5.74) is 7.39. The number of benzene rings is 1. The van der Waals surface area contributed by atoms with Gasteiger partial charge in [0.1, 0.15) is 0 Å². The second-order valence-corrected chi connectivity index (χ2v) is 5.42. The van der Waals surface area contributed by atoms with Gasteiger partial charge in [-0.05, 0) is 30.5 Å². The highest BCUT2D eigenvalue weighted by atomic mass is 16.5. The minimum atomic E-state index is -0.907. The smallest absolute Gasteiger partial charge is 0.335 e. The first-order valence-electron chi connectivity index (χ1n) is 6.78. The second kappa shape index (κ2) is 6.17. The molecule has 1 aromatic carbocycles. The summed E-state index contributed by atoms with van der Waals surface area (Å²) in [6, 6.07) is 6.76. The number of carbonyl (C=O) groups is 1. The van der Waals surface area contributed by atoms with E-state index < -0.39 is 5.97 Å². The van der Waals surface area contributed by atoms with Crippen LogP contribution in [0.25, 0.3) is 0 Å². The third kappa shape index (κ3) is 4.04. The first kappa shape index (κ1) is 14.0. The third-order valence-corrected chi connectivity index (χ3v) is 3.71. The number of hydrogen-bond donors (Lipinski definition) is 2. The van der Waals surface area contributed by atoms with Gasteiger partial charge in [0.05, 0.1) is 18.8 Å². The Hall–Kier alpha value is -1.39. The molecule has 1 fully saturated rings. The molecule has 0 aromatic heterocycles. The Balaban J connectivity index is 1.80. The predicted octanol–water partition coefficient (Wildman–Crippen LogP) is 2.56. The lowest BCUT2D eigenvalue weighted by molar-refractivity contribution is 0.0574. The summed E-state index contributed by atoms with van der Waals surface area (Å²) < 4.78 is 5.69. The van der Waals surface area contributed by atoms with Crippen LogP contribution in [0.4, 0.5) is 0 Å². The Morgan fingerprint density at radius 3 is 2.42 bits per heavy atom. The molecule has 0 saturated heterocycles. The summed E-state index contributed by atoms with van der Waals surface area (Å²) in [6.07, 6.45) is 5.71. The summed E-state index contributed by atoms with van der Waals surface area (Å²) in [7, 11) is 0. The number of hydrogen-bond acceptors (Lipinski definition) is 3. The Labute approximate surface area is 113 Å². The van der Waals surface area contributed by atoms with Gasteiger partial charge in [-0.25, -0.2) is 4.79 Å². The Kier molecular flexibility index (Phi) is 4.56. The predicted molar refractivity (Wildman–Crippen MR) is 73.1 cm³/mol. The van der Waals surface area contributed by atoms with Crippen molar-refractivity contribution in [3.05, 3.63) is 35.4 Å². The van der Waals surface area contributed by atoms with Crippen LogP contribution in [-0.2, 0) is 11.3 Å². The summed E-state index contributed by atoms with van der Waals surface area (Å²) in [6.45, 7) is 1.06. The van der Waals surface area contributed by atoms with E-state index in [4.69, 9.17) is 15.6 Å². The number of ether oxygens (including phenoxy) is 1. The minimum Gasteiger partial charge on any atom is -0.478 e. The van der Waals surface area contributed by atoms with Gasteiger partial charge in [-0.1, -0.05) is 31.4 Å². The van der Waals surface area contributed by atoms with Gasteiger partial charge in [0.15, 0.2) is 0 Å². The van der Waals surface area contributed by atoms with E-state index in [-0.39, 0.29) is 5.54 Å². The van der Waals surface area contributed by atoms with Crippen LogP contribution < -0.4 is 5.73 Å². The Morgan fingerprint density at radius 2 is 1.84 bits per heavy atom. The molecule has 19 heavy (non-hydrogen) atoms. The maximum Gasteiger partial charge on any atom is 0.335 e. The topological polar surface area (TPSA) is 72.5 Å². The van der Waals surface area contributed by atoms with Crippen LogP contribution in [0.2, 0.25) is 0 Å². The molecule has 1 aliphatic rings. The van der Waals surface area contributed by atoms with Crippen molar-refractivity contribution < 1.29 is 14.6 Å². The van der Waals surface area contributed by atoms with E-state index in [1.165, 1.54) is 19.3 Å². The number of carboxylic acids is 1. The zero-order valence-electron chi connectivity index (χ0n) is 11.1. The first-order valence-corrected chi connectivity index (χ1v) is 6.78. The van der Waals surface area contributed by atoms with Crippen molar-refractivity contribution in [3.63, 3.8) is 0 Å². The van der Waals surface area contributed by atoms with Gasteiger partial charge in [-0.2, -0.15) is 0 Å². The van der Waals surface area contributed by atoms with E-state index in [0.29, 0.717) is 18.8 Å². The maximum atomic E-state index is 10.7. The molecule has 0 heterocycles. The molecule has 0 aliphatic heterocycles. The van der Waals surface area contributed by atoms with Gasteiger partial charge in [0, 0.05) is 5.54 Å². The molecule has 0 atom stereocenters. The van der Waals surface area contributed by atoms with E-state index in [2.05, 4.69) is 0 Å². The average molecular weight is 263 g/mol. The molecule has 2 rings (SSSR count). The van der Waals surface area contributed by atoms with Crippen LogP contribution in [0.1, 0.15) is 48.0 Å². The average Bonchev–Trinajstić information content (AvgIpc) is 2.40. The second-order valence-electron chi connectivity index (χ2n) is 5.42. The molecule has 1 aromatic rings. The molecule has 0 unspecified atom stereocenters. The number of rotatable bonds is 5. The highest BCUT2D eigenvalue weighted by Crippen LogP contribution is 2.26. The van der Waals surface area contributed by atoms with E-state index in [1.807, 2.05) is 0 Å². The van der Waals surface area contributed by atoms with Crippen molar-refractivity contribution in [2.75, 3.05) is 6.61 Å². The summed E-state index contributed by atoms with van der Waals surface area (Å²) in [5.74, 6) is -0.907. The Bertz CT molecular complexity index is 422. The molecule has 0 spiro atoms. The van der Waals surface area contributed by atoms with Crippen LogP contribution in [0.5, 0.6) is 0 Å². The van der Waals surface area contributed by atoms with Crippen molar-refractivity contribution in [2.24, 2.45) is 5.73 Å². The van der Waals surface area contributed by atoms with Crippen molar-refractivity contribution in [3.8, 4) is 0 Å². The fraction of sp³-hybridized carbons (Fsp3) is 0.533. The molecule has 0 amide bonds. The molecule has 4 heteroatoms. The molecule has 1 saturated carbocycles. The third-order valence-electron chi connectivity index (χ3n) is 3.71. The quantitative estimate of drug-likeness (QED) is 0.856. The van der Waals surface area contributed by atoms with Gasteiger partial charge in [-0.3, -0.25) is 0 Å². The molecule has 4 nitrogen and oxygen atoms in total. The standard InChI is InChI=1S/C15H21NO3/c16-15(8-2-1-3-9-15)11-19-10-12-4-6-13(7-5-12)14(17)18/h4-7H,1-3,8-11,16H2,(H,17,18).